The van der Waals surface area contributed by atoms with Crippen molar-refractivity contribution in [2.24, 2.45) is 0 Å². The number of carbonyl (C=O) groups is 2. The summed E-state index contributed by atoms with van der Waals surface area (Å²) in [6.45, 7) is 7.15. The molecular formula is C9H17NO3. The number of carbonyl (C=O) groups excluding carboxylic acids is 1. The highest BCUT2D eigenvalue weighted by atomic mass is 16.4. The molecule has 0 radical (unpaired) electrons. The van der Waals surface area contributed by atoms with Gasteiger partial charge in [0.15, 0.2) is 0 Å². The maximum Gasteiger partial charge on any atom is 0.407 e. The largest absolute Gasteiger partial charge is 0.465 e. The van der Waals surface area contributed by atoms with Crippen molar-refractivity contribution in [2.45, 2.75) is 45.7 Å². The molecule has 0 saturated carbocycles. The lowest BCUT2D eigenvalue weighted by molar-refractivity contribution is -0.108. The Bertz CT molecular complexity index is 196. The normalized spacial score (nSPS) is 13.5. The third kappa shape index (κ3) is 3.44. The number of hydrogen-bond donors (Lipinski definition) is 1. The zero-order valence-corrected chi connectivity index (χ0v) is 8.57. The highest BCUT2D eigenvalue weighted by molar-refractivity contribution is 5.67. The van der Waals surface area contributed by atoms with Crippen molar-refractivity contribution in [2.75, 3.05) is 0 Å². The predicted molar refractivity (Wildman–Crippen MR) is 49.8 cm³/mol. The van der Waals surface area contributed by atoms with Gasteiger partial charge in [0.25, 0.3) is 0 Å². The van der Waals surface area contributed by atoms with Gasteiger partial charge in [-0.25, -0.2) is 4.79 Å². The SMILES string of the molecule is C[C@@H](CC=O)N(C(=O)O)C(C)(C)C. The van der Waals surface area contributed by atoms with Crippen LogP contribution in [0.1, 0.15) is 34.1 Å². The lowest BCUT2D eigenvalue weighted by Gasteiger charge is -2.37. The van der Waals surface area contributed by atoms with Crippen molar-refractivity contribution in [3.8, 4) is 0 Å². The lowest BCUT2D eigenvalue weighted by Crippen LogP contribution is -2.50. The molecule has 76 valence electrons. The second-order valence-electron chi connectivity index (χ2n) is 4.07. The number of nitrogens with zero attached hydrogens (tertiary/aromatic N) is 1. The van der Waals surface area contributed by atoms with E-state index in [-0.39, 0.29) is 12.5 Å². The summed E-state index contributed by atoms with van der Waals surface area (Å²) in [6.07, 6.45) is -0.00234. The highest BCUT2D eigenvalue weighted by Gasteiger charge is 2.30. The molecule has 1 N–H and O–H groups in total. The van der Waals surface area contributed by atoms with E-state index in [9.17, 15) is 9.59 Å². The minimum absolute atomic E-state index is 0.240. The maximum absolute atomic E-state index is 10.9. The van der Waals surface area contributed by atoms with Crippen LogP contribution in [0.3, 0.4) is 0 Å². The summed E-state index contributed by atoms with van der Waals surface area (Å²) in [5, 5.41) is 8.92. The predicted octanol–water partition coefficient (Wildman–Crippen LogP) is 1.74. The highest BCUT2D eigenvalue weighted by Crippen LogP contribution is 2.18. The smallest absolute Gasteiger partial charge is 0.407 e. The van der Waals surface area contributed by atoms with Gasteiger partial charge in [0, 0.05) is 18.0 Å². The van der Waals surface area contributed by atoms with E-state index in [4.69, 9.17) is 5.11 Å². The van der Waals surface area contributed by atoms with E-state index in [1.807, 2.05) is 20.8 Å². The third-order valence-corrected chi connectivity index (χ3v) is 1.81. The molecule has 0 aromatic heterocycles. The first-order chi connectivity index (χ1) is 5.80. The standard InChI is InChI=1S/C9H17NO3/c1-7(5-6-11)10(8(12)13)9(2,3)4/h6-7H,5H2,1-4H3,(H,12,13)/t7-/m0/s1. The van der Waals surface area contributed by atoms with Gasteiger partial charge in [-0.05, 0) is 27.7 Å². The van der Waals surface area contributed by atoms with Crippen molar-refractivity contribution in [1.82, 2.24) is 4.90 Å². The first-order valence-corrected chi connectivity index (χ1v) is 4.26. The summed E-state index contributed by atoms with van der Waals surface area (Å²) in [4.78, 5) is 22.4. The zero-order valence-electron chi connectivity index (χ0n) is 8.57. The summed E-state index contributed by atoms with van der Waals surface area (Å²) in [5.74, 6) is 0. The quantitative estimate of drug-likeness (QED) is 0.685. The topological polar surface area (TPSA) is 57.6 Å². The molecule has 0 heterocycles. The van der Waals surface area contributed by atoms with E-state index in [1.165, 1.54) is 4.90 Å². The van der Waals surface area contributed by atoms with Crippen LogP contribution in [-0.4, -0.2) is 34.0 Å². The van der Waals surface area contributed by atoms with Crippen LogP contribution in [0.4, 0.5) is 4.79 Å². The molecule has 0 unspecified atom stereocenters. The number of amides is 1. The van der Waals surface area contributed by atoms with E-state index in [1.54, 1.807) is 6.92 Å². The number of hydrogen-bond acceptors (Lipinski definition) is 2. The minimum Gasteiger partial charge on any atom is -0.465 e. The Morgan fingerprint density at radius 2 is 2.00 bits per heavy atom. The molecule has 0 aliphatic rings. The van der Waals surface area contributed by atoms with Gasteiger partial charge in [0.2, 0.25) is 0 Å². The van der Waals surface area contributed by atoms with Gasteiger partial charge >= 0.3 is 6.09 Å². The molecule has 4 heteroatoms. The van der Waals surface area contributed by atoms with Crippen LogP contribution >= 0.6 is 0 Å². The van der Waals surface area contributed by atoms with Crippen LogP contribution in [0.5, 0.6) is 0 Å². The lowest BCUT2D eigenvalue weighted by atomic mass is 10.0. The fourth-order valence-corrected chi connectivity index (χ4v) is 1.38. The number of carboxylic acid groups (broad SMARTS) is 1. The number of aldehydes is 1. The van der Waals surface area contributed by atoms with Gasteiger partial charge in [-0.2, -0.15) is 0 Å². The average molecular weight is 187 g/mol. The molecule has 0 fully saturated rings. The van der Waals surface area contributed by atoms with Gasteiger partial charge in [0.1, 0.15) is 6.29 Å². The molecule has 0 spiro atoms. The fourth-order valence-electron chi connectivity index (χ4n) is 1.38. The van der Waals surface area contributed by atoms with Crippen LogP contribution in [0.15, 0.2) is 0 Å². The van der Waals surface area contributed by atoms with Crippen LogP contribution in [0.2, 0.25) is 0 Å². The molecule has 1 amide bonds. The Balaban J connectivity index is 4.61. The van der Waals surface area contributed by atoms with Gasteiger partial charge in [-0.15, -0.1) is 0 Å². The van der Waals surface area contributed by atoms with Crippen molar-refractivity contribution < 1.29 is 14.7 Å². The molecule has 0 bridgehead atoms. The third-order valence-electron chi connectivity index (χ3n) is 1.81. The average Bonchev–Trinajstić information content (AvgIpc) is 1.82. The van der Waals surface area contributed by atoms with Crippen LogP contribution in [0, 0.1) is 0 Å². The van der Waals surface area contributed by atoms with E-state index < -0.39 is 11.6 Å². The first-order valence-electron chi connectivity index (χ1n) is 4.26. The van der Waals surface area contributed by atoms with Gasteiger partial charge in [0.05, 0.1) is 0 Å². The summed E-state index contributed by atoms with van der Waals surface area (Å²) in [6, 6.07) is -0.269. The molecule has 1 atom stereocenters. The Kier molecular flexibility index (Phi) is 3.91. The Labute approximate surface area is 78.5 Å². The zero-order chi connectivity index (χ0) is 10.6. The molecule has 0 aliphatic carbocycles. The summed E-state index contributed by atoms with van der Waals surface area (Å²) < 4.78 is 0. The maximum atomic E-state index is 10.9. The van der Waals surface area contributed by atoms with Crippen LogP contribution in [0.25, 0.3) is 0 Å². The number of rotatable bonds is 3. The van der Waals surface area contributed by atoms with Gasteiger partial charge < -0.3 is 14.8 Å². The van der Waals surface area contributed by atoms with E-state index >= 15 is 0 Å². The Hall–Kier alpha value is -1.06. The molecule has 0 aromatic carbocycles. The molecule has 4 nitrogen and oxygen atoms in total. The minimum atomic E-state index is -0.984. The van der Waals surface area contributed by atoms with Gasteiger partial charge in [-0.1, -0.05) is 0 Å². The van der Waals surface area contributed by atoms with E-state index in [0.717, 1.165) is 6.29 Å². The van der Waals surface area contributed by atoms with Gasteiger partial charge in [-0.3, -0.25) is 0 Å². The Morgan fingerprint density at radius 1 is 1.54 bits per heavy atom. The second-order valence-corrected chi connectivity index (χ2v) is 4.07. The molecule has 0 aromatic rings. The first kappa shape index (κ1) is 11.9. The van der Waals surface area contributed by atoms with Crippen LogP contribution in [-0.2, 0) is 4.79 Å². The Morgan fingerprint density at radius 3 is 2.23 bits per heavy atom. The van der Waals surface area contributed by atoms with Crippen molar-refractivity contribution in [3.05, 3.63) is 0 Å². The molecular weight excluding hydrogens is 170 g/mol. The van der Waals surface area contributed by atoms with Crippen LogP contribution < -0.4 is 0 Å². The molecule has 0 saturated heterocycles. The summed E-state index contributed by atoms with van der Waals surface area (Å²) in [5.41, 5.74) is -0.464. The summed E-state index contributed by atoms with van der Waals surface area (Å²) in [7, 11) is 0. The van der Waals surface area contributed by atoms with E-state index in [2.05, 4.69) is 0 Å². The van der Waals surface area contributed by atoms with Crippen molar-refractivity contribution in [1.29, 1.82) is 0 Å². The van der Waals surface area contributed by atoms with Crippen molar-refractivity contribution >= 4 is 12.4 Å². The monoisotopic (exact) mass is 187 g/mol. The summed E-state index contributed by atoms with van der Waals surface area (Å²) >= 11 is 0. The molecule has 0 aliphatic heterocycles. The second kappa shape index (κ2) is 4.25. The fraction of sp³-hybridized carbons (Fsp3) is 0.778. The molecule has 0 rings (SSSR count). The van der Waals surface area contributed by atoms with Crippen molar-refractivity contribution in [3.63, 3.8) is 0 Å². The van der Waals surface area contributed by atoms with E-state index in [0.29, 0.717) is 0 Å². The molecule has 13 heavy (non-hydrogen) atoms.